The molecule has 2 amide bonds. The Kier molecular flexibility index (Phi) is 6.01. The normalized spacial score (nSPS) is 10.4. The number of carbonyl (C=O) groups is 1. The number of aryl methyl sites for hydroxylation is 1. The van der Waals surface area contributed by atoms with Crippen molar-refractivity contribution in [2.24, 2.45) is 7.05 Å². The Morgan fingerprint density at radius 1 is 0.969 bits per heavy atom. The van der Waals surface area contributed by atoms with Crippen molar-refractivity contribution in [2.75, 3.05) is 10.6 Å². The van der Waals surface area contributed by atoms with Crippen LogP contribution in [0.15, 0.2) is 77.4 Å². The van der Waals surface area contributed by atoms with Crippen LogP contribution in [0.2, 0.25) is 0 Å². The summed E-state index contributed by atoms with van der Waals surface area (Å²) >= 11 is 3.52. The van der Waals surface area contributed by atoms with Crippen LogP contribution in [-0.4, -0.2) is 15.8 Å². The van der Waals surface area contributed by atoms with Crippen molar-refractivity contribution in [2.45, 2.75) is 0 Å². The number of hydrogen-bond acceptors (Lipinski definition) is 3. The molecule has 1 heterocycles. The smallest absolute Gasteiger partial charge is 0.308 e. The first-order valence-corrected chi connectivity index (χ1v) is 10.4. The fourth-order valence-electron chi connectivity index (χ4n) is 3.30. The number of anilines is 2. The maximum atomic E-state index is 13.4. The second-order valence-electron chi connectivity index (χ2n) is 7.04. The van der Waals surface area contributed by atoms with Gasteiger partial charge in [0.2, 0.25) is 0 Å². The van der Waals surface area contributed by atoms with Crippen molar-refractivity contribution in [3.8, 4) is 28.5 Å². The highest BCUT2D eigenvalue weighted by Gasteiger charge is 2.13. The average Bonchev–Trinajstić information content (AvgIpc) is 3.12. The molecule has 0 aliphatic rings. The molecule has 8 heteroatoms. The van der Waals surface area contributed by atoms with Gasteiger partial charge in [0.05, 0.1) is 28.0 Å². The zero-order chi connectivity index (χ0) is 22.7. The van der Waals surface area contributed by atoms with Gasteiger partial charge in [0.15, 0.2) is 0 Å². The molecule has 6 nitrogen and oxygen atoms in total. The van der Waals surface area contributed by atoms with E-state index in [0.717, 1.165) is 26.9 Å². The molecular formula is C24H17BrFN5O. The minimum Gasteiger partial charge on any atom is -0.308 e. The van der Waals surface area contributed by atoms with Crippen LogP contribution in [-0.2, 0) is 7.05 Å². The Balaban J connectivity index is 1.68. The van der Waals surface area contributed by atoms with E-state index in [-0.39, 0.29) is 5.82 Å². The van der Waals surface area contributed by atoms with Crippen molar-refractivity contribution >= 4 is 33.3 Å². The van der Waals surface area contributed by atoms with Gasteiger partial charge in [-0.3, -0.25) is 4.68 Å². The van der Waals surface area contributed by atoms with E-state index in [4.69, 9.17) is 5.26 Å². The van der Waals surface area contributed by atoms with Crippen LogP contribution in [0.4, 0.5) is 20.6 Å². The molecule has 0 aliphatic carbocycles. The molecule has 0 unspecified atom stereocenters. The summed E-state index contributed by atoms with van der Waals surface area (Å²) in [6.07, 6.45) is 1.70. The maximum Gasteiger partial charge on any atom is 0.323 e. The van der Waals surface area contributed by atoms with Crippen LogP contribution in [0.1, 0.15) is 5.56 Å². The van der Waals surface area contributed by atoms with Gasteiger partial charge in [0.25, 0.3) is 0 Å². The van der Waals surface area contributed by atoms with Crippen LogP contribution in [0.5, 0.6) is 0 Å². The number of nitriles is 1. The molecule has 0 radical (unpaired) electrons. The first-order valence-electron chi connectivity index (χ1n) is 9.60. The molecule has 4 rings (SSSR count). The van der Waals surface area contributed by atoms with Crippen LogP contribution in [0.3, 0.4) is 0 Å². The van der Waals surface area contributed by atoms with E-state index in [1.807, 2.05) is 31.3 Å². The van der Waals surface area contributed by atoms with Gasteiger partial charge in [0.1, 0.15) is 5.82 Å². The summed E-state index contributed by atoms with van der Waals surface area (Å²) < 4.78 is 16.0. The zero-order valence-corrected chi connectivity index (χ0v) is 18.5. The van der Waals surface area contributed by atoms with Crippen LogP contribution >= 0.6 is 15.9 Å². The number of halogens is 2. The van der Waals surface area contributed by atoms with Crippen molar-refractivity contribution in [3.63, 3.8) is 0 Å². The van der Waals surface area contributed by atoms with Crippen LogP contribution in [0.25, 0.3) is 22.4 Å². The zero-order valence-electron chi connectivity index (χ0n) is 16.9. The molecule has 158 valence electrons. The van der Waals surface area contributed by atoms with Gasteiger partial charge in [-0.1, -0.05) is 12.1 Å². The number of benzene rings is 3. The predicted molar refractivity (Wildman–Crippen MR) is 126 cm³/mol. The van der Waals surface area contributed by atoms with Crippen LogP contribution in [0, 0.1) is 17.1 Å². The third-order valence-corrected chi connectivity index (χ3v) is 5.39. The molecule has 3 aromatic carbocycles. The first kappa shape index (κ1) is 21.3. The molecule has 4 aromatic rings. The van der Waals surface area contributed by atoms with Crippen molar-refractivity contribution in [3.05, 3.63) is 88.8 Å². The predicted octanol–water partition coefficient (Wildman–Crippen LogP) is 6.17. The fourth-order valence-corrected chi connectivity index (χ4v) is 3.88. The van der Waals surface area contributed by atoms with Gasteiger partial charge in [-0.25, -0.2) is 9.18 Å². The Morgan fingerprint density at radius 3 is 2.25 bits per heavy atom. The van der Waals surface area contributed by atoms with E-state index in [1.54, 1.807) is 47.3 Å². The van der Waals surface area contributed by atoms with Gasteiger partial charge < -0.3 is 10.6 Å². The van der Waals surface area contributed by atoms with Crippen molar-refractivity contribution < 1.29 is 9.18 Å². The summed E-state index contributed by atoms with van der Waals surface area (Å²) in [7, 11) is 1.83. The largest absolute Gasteiger partial charge is 0.323 e. The highest BCUT2D eigenvalue weighted by molar-refractivity contribution is 9.10. The Bertz CT molecular complexity index is 1300. The minimum atomic E-state index is -0.430. The van der Waals surface area contributed by atoms with Gasteiger partial charge in [0, 0.05) is 24.0 Å². The molecule has 0 bridgehead atoms. The van der Waals surface area contributed by atoms with E-state index in [1.165, 1.54) is 12.1 Å². The summed E-state index contributed by atoms with van der Waals surface area (Å²) in [5, 5.41) is 18.8. The number of carbonyl (C=O) groups excluding carboxylic acids is 1. The quantitative estimate of drug-likeness (QED) is 0.359. The second kappa shape index (κ2) is 9.04. The molecule has 1 aromatic heterocycles. The highest BCUT2D eigenvalue weighted by Crippen LogP contribution is 2.34. The standard InChI is InChI=1S/C24H17BrFN5O/c1-31-23(22(25)14-28-31)18-10-17(16-4-6-19(26)7-5-16)11-21(12-18)30-24(32)29-20-8-2-15(13-27)3-9-20/h2-12,14H,1H3,(H2,29,30,32). The highest BCUT2D eigenvalue weighted by atomic mass is 79.9. The molecular weight excluding hydrogens is 473 g/mol. The average molecular weight is 490 g/mol. The van der Waals surface area contributed by atoms with E-state index < -0.39 is 6.03 Å². The van der Waals surface area contributed by atoms with Gasteiger partial charge >= 0.3 is 6.03 Å². The van der Waals surface area contributed by atoms with Crippen LogP contribution < -0.4 is 10.6 Å². The third-order valence-electron chi connectivity index (χ3n) is 4.81. The number of amides is 2. The number of urea groups is 1. The lowest BCUT2D eigenvalue weighted by molar-refractivity contribution is 0.262. The van der Waals surface area contributed by atoms with Gasteiger partial charge in [-0.15, -0.1) is 0 Å². The number of aromatic nitrogens is 2. The Hall–Kier alpha value is -3.96. The summed E-state index contributed by atoms with van der Waals surface area (Å²) in [5.41, 5.74) is 4.91. The number of nitrogens with one attached hydrogen (secondary N) is 2. The first-order chi connectivity index (χ1) is 15.4. The molecule has 0 fully saturated rings. The molecule has 0 saturated carbocycles. The molecule has 0 aliphatic heterocycles. The lowest BCUT2D eigenvalue weighted by atomic mass is 10.0. The lowest BCUT2D eigenvalue weighted by Crippen LogP contribution is -2.19. The van der Waals surface area contributed by atoms with E-state index in [0.29, 0.717) is 16.9 Å². The number of rotatable bonds is 4. The maximum absolute atomic E-state index is 13.4. The summed E-state index contributed by atoms with van der Waals surface area (Å²) in [6.45, 7) is 0. The van der Waals surface area contributed by atoms with E-state index in [9.17, 15) is 9.18 Å². The van der Waals surface area contributed by atoms with E-state index in [2.05, 4.69) is 31.7 Å². The summed E-state index contributed by atoms with van der Waals surface area (Å²) in [6, 6.07) is 20.0. The van der Waals surface area contributed by atoms with Gasteiger partial charge in [-0.2, -0.15) is 10.4 Å². The Labute approximate surface area is 192 Å². The monoisotopic (exact) mass is 489 g/mol. The van der Waals surface area contributed by atoms with Gasteiger partial charge in [-0.05, 0) is 81.7 Å². The van der Waals surface area contributed by atoms with Crippen molar-refractivity contribution in [1.29, 1.82) is 5.26 Å². The minimum absolute atomic E-state index is 0.320. The van der Waals surface area contributed by atoms with E-state index >= 15 is 0 Å². The molecule has 0 atom stereocenters. The lowest BCUT2D eigenvalue weighted by Gasteiger charge is -2.13. The Morgan fingerprint density at radius 2 is 1.62 bits per heavy atom. The molecule has 0 saturated heterocycles. The number of nitrogens with zero attached hydrogens (tertiary/aromatic N) is 3. The molecule has 0 spiro atoms. The second-order valence-corrected chi connectivity index (χ2v) is 7.89. The topological polar surface area (TPSA) is 82.7 Å². The third kappa shape index (κ3) is 4.68. The summed E-state index contributed by atoms with van der Waals surface area (Å²) in [5.74, 6) is -0.320. The molecule has 32 heavy (non-hydrogen) atoms. The number of hydrogen-bond donors (Lipinski definition) is 2. The fraction of sp³-hybridized carbons (Fsp3) is 0.0417. The molecule has 2 N–H and O–H groups in total. The SMILES string of the molecule is Cn1ncc(Br)c1-c1cc(NC(=O)Nc2ccc(C#N)cc2)cc(-c2ccc(F)cc2)c1. The summed E-state index contributed by atoms with van der Waals surface area (Å²) in [4.78, 5) is 12.6. The van der Waals surface area contributed by atoms with Crippen molar-refractivity contribution in [1.82, 2.24) is 9.78 Å².